The van der Waals surface area contributed by atoms with E-state index in [1.807, 2.05) is 12.1 Å². The van der Waals surface area contributed by atoms with E-state index in [4.69, 9.17) is 9.68 Å². The van der Waals surface area contributed by atoms with Crippen LogP contribution in [0.15, 0.2) is 47.1 Å². The maximum Gasteiger partial charge on any atom is 0.224 e. The summed E-state index contributed by atoms with van der Waals surface area (Å²) < 4.78 is 5.65. The van der Waals surface area contributed by atoms with Crippen molar-refractivity contribution in [1.82, 2.24) is 5.32 Å². The van der Waals surface area contributed by atoms with Gasteiger partial charge in [0.2, 0.25) is 5.91 Å². The Balaban J connectivity index is 1.46. The topological polar surface area (TPSA) is 66.0 Å². The molecule has 1 aromatic heterocycles. The first kappa shape index (κ1) is 15.5. The molecule has 4 nitrogen and oxygen atoms in total. The molecule has 25 heavy (non-hydrogen) atoms. The van der Waals surface area contributed by atoms with Gasteiger partial charge in [-0.25, -0.2) is 0 Å². The van der Waals surface area contributed by atoms with Gasteiger partial charge in [0.1, 0.15) is 5.58 Å². The molecule has 0 fully saturated rings. The highest BCUT2D eigenvalue weighted by Gasteiger charge is 2.16. The van der Waals surface area contributed by atoms with Crippen LogP contribution in [0.3, 0.4) is 0 Å². The number of rotatable bonds is 4. The van der Waals surface area contributed by atoms with Crippen molar-refractivity contribution in [2.45, 2.75) is 32.2 Å². The van der Waals surface area contributed by atoms with Crippen LogP contribution in [0.2, 0.25) is 0 Å². The lowest BCUT2D eigenvalue weighted by atomic mass is 10.0. The molecule has 1 amide bonds. The zero-order chi connectivity index (χ0) is 17.2. The number of amides is 1. The van der Waals surface area contributed by atoms with Crippen LogP contribution in [0.5, 0.6) is 0 Å². The van der Waals surface area contributed by atoms with Crippen molar-refractivity contribution in [3.63, 3.8) is 0 Å². The molecule has 2 aromatic carbocycles. The maximum absolute atomic E-state index is 12.3. The van der Waals surface area contributed by atoms with Crippen LogP contribution in [-0.2, 0) is 30.6 Å². The summed E-state index contributed by atoms with van der Waals surface area (Å²) in [5.74, 6) is -0.0504. The van der Waals surface area contributed by atoms with E-state index in [2.05, 4.69) is 23.5 Å². The summed E-state index contributed by atoms with van der Waals surface area (Å²) in [5, 5.41) is 12.9. The van der Waals surface area contributed by atoms with Crippen molar-refractivity contribution in [2.24, 2.45) is 0 Å². The monoisotopic (exact) mass is 330 g/mol. The molecule has 0 aliphatic heterocycles. The van der Waals surface area contributed by atoms with Gasteiger partial charge in [0.15, 0.2) is 0 Å². The zero-order valence-electron chi connectivity index (χ0n) is 13.8. The van der Waals surface area contributed by atoms with E-state index < -0.39 is 0 Å². The number of carbonyl (C=O) groups excluding carboxylic acids is 1. The third-order valence-electron chi connectivity index (χ3n) is 4.76. The van der Waals surface area contributed by atoms with Crippen LogP contribution in [0.4, 0.5) is 0 Å². The predicted octanol–water partition coefficient (Wildman–Crippen LogP) is 3.65. The first-order valence-corrected chi connectivity index (χ1v) is 8.50. The van der Waals surface area contributed by atoms with Crippen LogP contribution in [0.25, 0.3) is 11.0 Å². The van der Waals surface area contributed by atoms with Gasteiger partial charge in [-0.1, -0.05) is 12.1 Å². The van der Waals surface area contributed by atoms with Gasteiger partial charge in [-0.05, 0) is 60.2 Å². The first-order chi connectivity index (χ1) is 12.2. The molecule has 0 saturated heterocycles. The fraction of sp³-hybridized carbons (Fsp3) is 0.238. The number of carbonyl (C=O) groups is 1. The van der Waals surface area contributed by atoms with Crippen molar-refractivity contribution < 1.29 is 9.21 Å². The van der Waals surface area contributed by atoms with Gasteiger partial charge < -0.3 is 9.73 Å². The molecule has 0 bridgehead atoms. The second kappa shape index (κ2) is 6.45. The van der Waals surface area contributed by atoms with E-state index in [9.17, 15) is 4.79 Å². The lowest BCUT2D eigenvalue weighted by Crippen LogP contribution is -2.24. The van der Waals surface area contributed by atoms with Gasteiger partial charge >= 0.3 is 0 Å². The maximum atomic E-state index is 12.3. The number of nitrogens with zero attached hydrogens (tertiary/aromatic N) is 1. The Hall–Kier alpha value is -3.06. The van der Waals surface area contributed by atoms with Gasteiger partial charge in [0.05, 0.1) is 24.3 Å². The Morgan fingerprint density at radius 2 is 2.04 bits per heavy atom. The van der Waals surface area contributed by atoms with Gasteiger partial charge in [0.25, 0.3) is 0 Å². The Bertz CT molecular complexity index is 995. The molecule has 1 aliphatic rings. The lowest BCUT2D eigenvalue weighted by molar-refractivity contribution is -0.120. The Morgan fingerprint density at radius 3 is 2.88 bits per heavy atom. The second-order valence-corrected chi connectivity index (χ2v) is 6.50. The smallest absolute Gasteiger partial charge is 0.224 e. The number of hydrogen-bond acceptors (Lipinski definition) is 3. The van der Waals surface area contributed by atoms with E-state index >= 15 is 0 Å². The fourth-order valence-corrected chi connectivity index (χ4v) is 3.47. The molecule has 0 saturated carbocycles. The highest BCUT2D eigenvalue weighted by Crippen LogP contribution is 2.30. The number of furan rings is 1. The zero-order valence-corrected chi connectivity index (χ0v) is 13.8. The van der Waals surface area contributed by atoms with Gasteiger partial charge in [-0.2, -0.15) is 5.26 Å². The number of aryl methyl sites for hydroxylation is 2. The first-order valence-electron chi connectivity index (χ1n) is 8.50. The quantitative estimate of drug-likeness (QED) is 0.794. The highest BCUT2D eigenvalue weighted by atomic mass is 16.3. The minimum Gasteiger partial charge on any atom is -0.464 e. The number of fused-ring (bicyclic) bond motifs is 2. The molecule has 124 valence electrons. The van der Waals surface area contributed by atoms with Crippen molar-refractivity contribution in [3.05, 3.63) is 70.5 Å². The molecule has 1 aliphatic carbocycles. The Morgan fingerprint density at radius 1 is 1.20 bits per heavy atom. The summed E-state index contributed by atoms with van der Waals surface area (Å²) >= 11 is 0. The van der Waals surface area contributed by atoms with E-state index in [-0.39, 0.29) is 5.91 Å². The summed E-state index contributed by atoms with van der Waals surface area (Å²) in [4.78, 5) is 12.3. The Labute approximate surface area is 146 Å². The second-order valence-electron chi connectivity index (χ2n) is 6.50. The van der Waals surface area contributed by atoms with E-state index in [1.54, 1.807) is 18.4 Å². The molecule has 1 N–H and O–H groups in total. The van der Waals surface area contributed by atoms with Gasteiger partial charge in [0, 0.05) is 17.5 Å². The van der Waals surface area contributed by atoms with Gasteiger partial charge in [-0.15, -0.1) is 0 Å². The molecule has 0 atom stereocenters. The van der Waals surface area contributed by atoms with Crippen molar-refractivity contribution >= 4 is 16.9 Å². The van der Waals surface area contributed by atoms with Crippen molar-refractivity contribution in [2.75, 3.05) is 0 Å². The third-order valence-corrected chi connectivity index (χ3v) is 4.76. The summed E-state index contributed by atoms with van der Waals surface area (Å²) in [5.41, 5.74) is 6.06. The number of benzene rings is 2. The van der Waals surface area contributed by atoms with Crippen molar-refractivity contribution in [1.29, 1.82) is 5.26 Å². The molecule has 0 radical (unpaired) electrons. The van der Waals surface area contributed by atoms with E-state index in [0.717, 1.165) is 34.9 Å². The lowest BCUT2D eigenvalue weighted by Gasteiger charge is -2.05. The molecule has 4 rings (SSSR count). The summed E-state index contributed by atoms with van der Waals surface area (Å²) in [6.07, 6.45) is 5.40. The average Bonchev–Trinajstić information content (AvgIpc) is 3.25. The minimum atomic E-state index is -0.0504. The number of nitriles is 1. The van der Waals surface area contributed by atoms with Crippen LogP contribution >= 0.6 is 0 Å². The van der Waals surface area contributed by atoms with E-state index in [1.165, 1.54) is 17.5 Å². The van der Waals surface area contributed by atoms with Crippen LogP contribution < -0.4 is 5.32 Å². The van der Waals surface area contributed by atoms with Crippen LogP contribution in [0, 0.1) is 11.3 Å². The number of nitrogens with one attached hydrogen (secondary N) is 1. The molecule has 3 aromatic rings. The Kier molecular flexibility index (Phi) is 3.99. The normalized spacial score (nSPS) is 12.8. The third kappa shape index (κ3) is 3.14. The standard InChI is InChI=1S/C21H18N2O2/c22-11-14-3-1-4-15(7-14)12-23-21(24)10-18-13-25-20-9-17-6-2-5-16(17)8-19(18)20/h1,3-4,7-9,13H,2,5-6,10,12H2,(H,23,24). The predicted molar refractivity (Wildman–Crippen MR) is 94.9 cm³/mol. The SMILES string of the molecule is N#Cc1cccc(CNC(=O)Cc2coc3cc4c(cc23)CCC4)c1. The van der Waals surface area contributed by atoms with Crippen LogP contribution in [0.1, 0.15) is 34.2 Å². The molecule has 0 unspecified atom stereocenters. The molecular formula is C21H18N2O2. The fourth-order valence-electron chi connectivity index (χ4n) is 3.47. The van der Waals surface area contributed by atoms with Crippen LogP contribution in [-0.4, -0.2) is 5.91 Å². The minimum absolute atomic E-state index is 0.0504. The van der Waals surface area contributed by atoms with Gasteiger partial charge in [-0.3, -0.25) is 4.79 Å². The molecule has 0 spiro atoms. The average molecular weight is 330 g/mol. The summed E-state index contributed by atoms with van der Waals surface area (Å²) in [6, 6.07) is 13.7. The number of hydrogen-bond donors (Lipinski definition) is 1. The summed E-state index contributed by atoms with van der Waals surface area (Å²) in [6.45, 7) is 0.416. The molecule has 1 heterocycles. The molecule has 4 heteroatoms. The highest BCUT2D eigenvalue weighted by molar-refractivity contribution is 5.88. The summed E-state index contributed by atoms with van der Waals surface area (Å²) in [7, 11) is 0. The van der Waals surface area contributed by atoms with Crippen molar-refractivity contribution in [3.8, 4) is 6.07 Å². The largest absolute Gasteiger partial charge is 0.464 e. The van der Waals surface area contributed by atoms with E-state index in [0.29, 0.717) is 18.5 Å². The molecular weight excluding hydrogens is 312 g/mol.